The van der Waals surface area contributed by atoms with Crippen LogP contribution in [0.25, 0.3) is 0 Å². The van der Waals surface area contributed by atoms with E-state index in [0.717, 1.165) is 31.5 Å². The highest BCUT2D eigenvalue weighted by Gasteiger charge is 2.28. The average Bonchev–Trinajstić information content (AvgIpc) is 2.32. The summed E-state index contributed by atoms with van der Waals surface area (Å²) in [5, 5.41) is 10.0. The first kappa shape index (κ1) is 12.6. The molecule has 6 heteroatoms. The van der Waals surface area contributed by atoms with E-state index in [0.29, 0.717) is 10.3 Å². The topological polar surface area (TPSA) is 75.3 Å². The van der Waals surface area contributed by atoms with Crippen LogP contribution in [0.15, 0.2) is 10.8 Å². The Morgan fingerprint density at radius 2 is 2.12 bits per heavy atom. The maximum atomic E-state index is 10.0. The second-order valence-electron chi connectivity index (χ2n) is 4.43. The lowest BCUT2D eigenvalue weighted by molar-refractivity contribution is 0.106. The number of aliphatic hydroxyl groups excluding tert-OH is 1. The van der Waals surface area contributed by atoms with Crippen LogP contribution in [0.2, 0.25) is 0 Å². The first-order valence-corrected chi connectivity index (χ1v) is 6.57. The number of nitrogens with zero attached hydrogens (tertiary/aromatic N) is 3. The van der Waals surface area contributed by atoms with Crippen LogP contribution in [0.4, 0.5) is 11.6 Å². The number of aromatic nitrogens is 2. The minimum Gasteiger partial charge on any atom is -0.391 e. The van der Waals surface area contributed by atoms with Crippen LogP contribution in [0, 0.1) is 0 Å². The fourth-order valence-electron chi connectivity index (χ4n) is 2.32. The third-order valence-electron chi connectivity index (χ3n) is 3.32. The van der Waals surface area contributed by atoms with Gasteiger partial charge in [-0.2, -0.15) is 0 Å². The number of nitrogens with two attached hydrogens (primary N) is 1. The van der Waals surface area contributed by atoms with E-state index in [1.165, 1.54) is 6.33 Å². The van der Waals surface area contributed by atoms with Gasteiger partial charge in [-0.25, -0.2) is 9.97 Å². The highest BCUT2D eigenvalue weighted by Crippen LogP contribution is 2.31. The molecule has 2 atom stereocenters. The molecule has 1 saturated carbocycles. The van der Waals surface area contributed by atoms with Gasteiger partial charge in [-0.15, -0.1) is 0 Å². The molecule has 5 nitrogen and oxygen atoms in total. The lowest BCUT2D eigenvalue weighted by Crippen LogP contribution is -2.44. The van der Waals surface area contributed by atoms with Crippen molar-refractivity contribution in [3.05, 3.63) is 10.8 Å². The highest BCUT2D eigenvalue weighted by molar-refractivity contribution is 9.10. The molecule has 0 amide bonds. The quantitative estimate of drug-likeness (QED) is 0.867. The van der Waals surface area contributed by atoms with Gasteiger partial charge in [0.1, 0.15) is 22.4 Å². The normalized spacial score (nSPS) is 24.6. The zero-order valence-electron chi connectivity index (χ0n) is 9.80. The van der Waals surface area contributed by atoms with Crippen molar-refractivity contribution in [3.63, 3.8) is 0 Å². The molecular formula is C11H17BrN4O. The van der Waals surface area contributed by atoms with E-state index in [9.17, 15) is 5.11 Å². The van der Waals surface area contributed by atoms with E-state index in [4.69, 9.17) is 5.73 Å². The molecule has 2 rings (SSSR count). The Morgan fingerprint density at radius 3 is 2.82 bits per heavy atom. The number of aliphatic hydroxyl groups is 1. The van der Waals surface area contributed by atoms with Crippen molar-refractivity contribution in [2.45, 2.75) is 37.8 Å². The lowest BCUT2D eigenvalue weighted by Gasteiger charge is -2.36. The monoisotopic (exact) mass is 300 g/mol. The number of nitrogen functional groups attached to an aromatic ring is 1. The van der Waals surface area contributed by atoms with Crippen molar-refractivity contribution < 1.29 is 5.11 Å². The molecule has 1 heterocycles. The second-order valence-corrected chi connectivity index (χ2v) is 5.22. The van der Waals surface area contributed by atoms with Crippen molar-refractivity contribution >= 4 is 27.6 Å². The largest absolute Gasteiger partial charge is 0.391 e. The summed E-state index contributed by atoms with van der Waals surface area (Å²) in [4.78, 5) is 10.1. The van der Waals surface area contributed by atoms with Crippen molar-refractivity contribution in [2.24, 2.45) is 0 Å². The SMILES string of the molecule is CN(c1ncnc(N)c1Br)C1CCCCC1O. The molecule has 1 aromatic rings. The third-order valence-corrected chi connectivity index (χ3v) is 4.08. The van der Waals surface area contributed by atoms with Gasteiger partial charge >= 0.3 is 0 Å². The van der Waals surface area contributed by atoms with Crippen LogP contribution in [-0.4, -0.2) is 34.3 Å². The number of hydrogen-bond donors (Lipinski definition) is 2. The summed E-state index contributed by atoms with van der Waals surface area (Å²) in [5.74, 6) is 1.16. The molecule has 17 heavy (non-hydrogen) atoms. The Balaban J connectivity index is 2.23. The molecule has 0 spiro atoms. The average molecular weight is 301 g/mol. The summed E-state index contributed by atoms with van der Waals surface area (Å²) in [6.45, 7) is 0. The summed E-state index contributed by atoms with van der Waals surface area (Å²) >= 11 is 3.39. The first-order chi connectivity index (χ1) is 8.11. The summed E-state index contributed by atoms with van der Waals surface area (Å²) in [7, 11) is 1.94. The summed E-state index contributed by atoms with van der Waals surface area (Å²) in [6, 6.07) is 0.106. The molecule has 1 aromatic heterocycles. The molecule has 0 aliphatic heterocycles. The van der Waals surface area contributed by atoms with Gasteiger partial charge in [0.25, 0.3) is 0 Å². The van der Waals surface area contributed by atoms with E-state index in [1.54, 1.807) is 0 Å². The molecule has 1 fully saturated rings. The maximum absolute atomic E-state index is 10.0. The van der Waals surface area contributed by atoms with Gasteiger partial charge in [0.2, 0.25) is 0 Å². The fraction of sp³-hybridized carbons (Fsp3) is 0.636. The Labute approximate surface area is 109 Å². The molecule has 0 bridgehead atoms. The predicted molar refractivity (Wildman–Crippen MR) is 70.8 cm³/mol. The Morgan fingerprint density at radius 1 is 1.41 bits per heavy atom. The molecule has 0 saturated heterocycles. The Hall–Kier alpha value is -0.880. The molecule has 1 aliphatic rings. The number of hydrogen-bond acceptors (Lipinski definition) is 5. The number of rotatable bonds is 2. The van der Waals surface area contributed by atoms with Crippen LogP contribution in [0.1, 0.15) is 25.7 Å². The zero-order chi connectivity index (χ0) is 12.4. The van der Waals surface area contributed by atoms with E-state index >= 15 is 0 Å². The smallest absolute Gasteiger partial charge is 0.148 e. The number of likely N-dealkylation sites (N-methyl/N-ethyl adjacent to an activating group) is 1. The van der Waals surface area contributed by atoms with Gasteiger partial charge in [0.15, 0.2) is 0 Å². The van der Waals surface area contributed by atoms with E-state index in [1.807, 2.05) is 11.9 Å². The van der Waals surface area contributed by atoms with E-state index in [-0.39, 0.29) is 12.1 Å². The molecule has 2 unspecified atom stereocenters. The van der Waals surface area contributed by atoms with Gasteiger partial charge in [-0.05, 0) is 28.8 Å². The Kier molecular flexibility index (Phi) is 3.83. The minimum absolute atomic E-state index is 0.106. The van der Waals surface area contributed by atoms with Crippen molar-refractivity contribution in [2.75, 3.05) is 17.7 Å². The fourth-order valence-corrected chi connectivity index (χ4v) is 2.80. The first-order valence-electron chi connectivity index (χ1n) is 5.78. The highest BCUT2D eigenvalue weighted by atomic mass is 79.9. The van der Waals surface area contributed by atoms with E-state index in [2.05, 4.69) is 25.9 Å². The number of anilines is 2. The maximum Gasteiger partial charge on any atom is 0.148 e. The van der Waals surface area contributed by atoms with Crippen LogP contribution in [-0.2, 0) is 0 Å². The molecule has 3 N–H and O–H groups in total. The Bertz CT molecular complexity index is 401. The molecule has 0 radical (unpaired) electrons. The van der Waals surface area contributed by atoms with Crippen molar-refractivity contribution in [1.29, 1.82) is 0 Å². The predicted octanol–water partition coefficient (Wildman–Crippen LogP) is 1.56. The molecular weight excluding hydrogens is 284 g/mol. The van der Waals surface area contributed by atoms with Crippen LogP contribution in [0.5, 0.6) is 0 Å². The van der Waals surface area contributed by atoms with Gasteiger partial charge in [0, 0.05) is 7.05 Å². The van der Waals surface area contributed by atoms with Crippen LogP contribution >= 0.6 is 15.9 Å². The third kappa shape index (κ3) is 2.52. The van der Waals surface area contributed by atoms with Gasteiger partial charge < -0.3 is 15.7 Å². The molecule has 94 valence electrons. The van der Waals surface area contributed by atoms with Crippen LogP contribution in [0.3, 0.4) is 0 Å². The van der Waals surface area contributed by atoms with Crippen molar-refractivity contribution in [1.82, 2.24) is 9.97 Å². The molecule has 0 aromatic carbocycles. The zero-order valence-corrected chi connectivity index (χ0v) is 11.4. The van der Waals surface area contributed by atoms with Crippen LogP contribution < -0.4 is 10.6 Å². The van der Waals surface area contributed by atoms with Gasteiger partial charge in [-0.1, -0.05) is 12.8 Å². The summed E-state index contributed by atoms with van der Waals surface area (Å²) < 4.78 is 0.695. The standard InChI is InChI=1S/C11H17BrN4O/c1-16(7-4-2-3-5-8(7)17)11-9(12)10(13)14-6-15-11/h6-8,17H,2-5H2,1H3,(H2,13,14,15). The van der Waals surface area contributed by atoms with Crippen molar-refractivity contribution in [3.8, 4) is 0 Å². The van der Waals surface area contributed by atoms with E-state index < -0.39 is 0 Å². The number of halogens is 1. The second kappa shape index (κ2) is 5.18. The lowest BCUT2D eigenvalue weighted by atomic mass is 9.91. The van der Waals surface area contributed by atoms with Gasteiger partial charge in [0.05, 0.1) is 12.1 Å². The molecule has 1 aliphatic carbocycles. The minimum atomic E-state index is -0.295. The summed E-state index contributed by atoms with van der Waals surface area (Å²) in [6.07, 6.45) is 5.22. The van der Waals surface area contributed by atoms with Gasteiger partial charge in [-0.3, -0.25) is 0 Å². The summed E-state index contributed by atoms with van der Waals surface area (Å²) in [5.41, 5.74) is 5.74.